The van der Waals surface area contributed by atoms with Crippen LogP contribution in [0.3, 0.4) is 0 Å². The van der Waals surface area contributed by atoms with Gasteiger partial charge in [0, 0.05) is 17.0 Å². The van der Waals surface area contributed by atoms with Crippen molar-refractivity contribution in [3.8, 4) is 5.75 Å². The molecular weight excluding hydrogens is 362 g/mol. The number of benzene rings is 1. The average Bonchev–Trinajstić information content (AvgIpc) is 2.65. The van der Waals surface area contributed by atoms with E-state index in [1.54, 1.807) is 19.9 Å². The molecule has 1 amide bonds. The van der Waals surface area contributed by atoms with E-state index in [0.29, 0.717) is 23.3 Å². The molecule has 0 saturated carbocycles. The summed E-state index contributed by atoms with van der Waals surface area (Å²) in [5.74, 6) is -1.38. The lowest BCUT2D eigenvalue weighted by Gasteiger charge is -2.20. The van der Waals surface area contributed by atoms with Crippen LogP contribution in [0.5, 0.6) is 5.75 Å². The lowest BCUT2D eigenvalue weighted by molar-refractivity contribution is -0.143. The van der Waals surface area contributed by atoms with Gasteiger partial charge in [-0.05, 0) is 37.0 Å². The van der Waals surface area contributed by atoms with Crippen molar-refractivity contribution < 1.29 is 23.8 Å². The van der Waals surface area contributed by atoms with Crippen molar-refractivity contribution in [1.29, 1.82) is 0 Å². The third-order valence-electron chi connectivity index (χ3n) is 4.87. The fourth-order valence-electron chi connectivity index (χ4n) is 3.08. The first kappa shape index (κ1) is 21.5. The molecule has 0 bridgehead atoms. The zero-order valence-electron chi connectivity index (χ0n) is 16.7. The molecular formula is C21H27NO6. The molecule has 1 heterocycles. The van der Waals surface area contributed by atoms with Gasteiger partial charge in [-0.3, -0.25) is 4.79 Å². The molecule has 7 nitrogen and oxygen atoms in total. The van der Waals surface area contributed by atoms with Crippen LogP contribution in [0.15, 0.2) is 27.4 Å². The molecule has 0 aliphatic heterocycles. The number of fused-ring (bicyclic) bond motifs is 1. The van der Waals surface area contributed by atoms with E-state index in [0.717, 1.165) is 23.8 Å². The zero-order valence-corrected chi connectivity index (χ0v) is 16.7. The molecule has 152 valence electrons. The number of hydrogen-bond acceptors (Lipinski definition) is 5. The number of aryl methyl sites for hydroxylation is 2. The number of amides is 1. The Morgan fingerprint density at radius 3 is 2.61 bits per heavy atom. The fourth-order valence-corrected chi connectivity index (χ4v) is 3.08. The summed E-state index contributed by atoms with van der Waals surface area (Å²) >= 11 is 0. The first-order chi connectivity index (χ1) is 13.3. The van der Waals surface area contributed by atoms with Gasteiger partial charge in [-0.2, -0.15) is 0 Å². The average molecular weight is 389 g/mol. The van der Waals surface area contributed by atoms with Crippen molar-refractivity contribution in [2.75, 3.05) is 6.61 Å². The van der Waals surface area contributed by atoms with E-state index in [1.165, 1.54) is 6.07 Å². The highest BCUT2D eigenvalue weighted by Crippen LogP contribution is 2.29. The minimum Gasteiger partial charge on any atom is -0.483 e. The third kappa shape index (κ3) is 4.91. The Morgan fingerprint density at radius 2 is 2.00 bits per heavy atom. The fraction of sp³-hybridized carbons (Fsp3) is 0.476. The van der Waals surface area contributed by atoms with Gasteiger partial charge in [0.25, 0.3) is 5.91 Å². The second kappa shape index (κ2) is 9.39. The smallest absolute Gasteiger partial charge is 0.336 e. The minimum atomic E-state index is -1.07. The van der Waals surface area contributed by atoms with Crippen molar-refractivity contribution in [2.45, 2.75) is 53.0 Å². The number of rotatable bonds is 9. The van der Waals surface area contributed by atoms with Gasteiger partial charge in [-0.15, -0.1) is 0 Å². The number of carboxylic acids is 1. The summed E-state index contributed by atoms with van der Waals surface area (Å²) in [6.45, 7) is 7.09. The lowest BCUT2D eigenvalue weighted by Crippen LogP contribution is -2.46. The summed E-state index contributed by atoms with van der Waals surface area (Å²) < 4.78 is 10.9. The molecule has 2 N–H and O–H groups in total. The van der Waals surface area contributed by atoms with Crippen LogP contribution < -0.4 is 15.7 Å². The molecule has 2 aromatic rings. The van der Waals surface area contributed by atoms with E-state index >= 15 is 0 Å². The Kier molecular flexibility index (Phi) is 7.20. The SMILES string of the molecule is CCCc1cc(=O)oc2c(C)c(OCC(=O)NC(C(=O)O)C(C)CC)ccc12. The van der Waals surface area contributed by atoms with Crippen LogP contribution in [-0.4, -0.2) is 29.6 Å². The van der Waals surface area contributed by atoms with E-state index < -0.39 is 23.5 Å². The summed E-state index contributed by atoms with van der Waals surface area (Å²) in [5, 5.41) is 12.6. The standard InChI is InChI=1S/C21H27NO6/c1-5-7-14-10-18(24)28-20-13(4)16(9-8-15(14)20)27-11-17(23)22-19(21(25)26)12(3)6-2/h8-10,12,19H,5-7,11H2,1-4H3,(H,22,23)(H,25,26). The van der Waals surface area contributed by atoms with Gasteiger partial charge in [0.15, 0.2) is 6.61 Å². The predicted octanol–water partition coefficient (Wildman–Crippen LogP) is 3.05. The van der Waals surface area contributed by atoms with E-state index in [9.17, 15) is 19.5 Å². The summed E-state index contributed by atoms with van der Waals surface area (Å²) in [6, 6.07) is 4.07. The van der Waals surface area contributed by atoms with Gasteiger partial charge in [0.05, 0.1) is 0 Å². The Hall–Kier alpha value is -2.83. The number of hydrogen-bond donors (Lipinski definition) is 2. The van der Waals surface area contributed by atoms with Gasteiger partial charge >= 0.3 is 11.6 Å². The highest BCUT2D eigenvalue weighted by molar-refractivity contribution is 5.86. The summed E-state index contributed by atoms with van der Waals surface area (Å²) in [6.07, 6.45) is 2.29. The summed E-state index contributed by atoms with van der Waals surface area (Å²) in [7, 11) is 0. The maximum absolute atomic E-state index is 12.1. The highest BCUT2D eigenvalue weighted by atomic mass is 16.5. The van der Waals surface area contributed by atoms with E-state index in [-0.39, 0.29) is 12.5 Å². The van der Waals surface area contributed by atoms with Gasteiger partial charge < -0.3 is 19.6 Å². The Labute approximate surface area is 163 Å². The summed E-state index contributed by atoms with van der Waals surface area (Å²) in [4.78, 5) is 35.3. The lowest BCUT2D eigenvalue weighted by atomic mass is 9.99. The predicted molar refractivity (Wildman–Crippen MR) is 106 cm³/mol. The first-order valence-electron chi connectivity index (χ1n) is 9.49. The number of ether oxygens (including phenoxy) is 1. The first-order valence-corrected chi connectivity index (χ1v) is 9.49. The molecule has 2 unspecified atom stereocenters. The van der Waals surface area contributed by atoms with E-state index in [4.69, 9.17) is 9.15 Å². The van der Waals surface area contributed by atoms with Crippen LogP contribution in [0.25, 0.3) is 11.0 Å². The largest absolute Gasteiger partial charge is 0.483 e. The number of nitrogens with one attached hydrogen (secondary N) is 1. The number of aliphatic carboxylic acids is 1. The second-order valence-electron chi connectivity index (χ2n) is 6.96. The Morgan fingerprint density at radius 1 is 1.29 bits per heavy atom. The maximum atomic E-state index is 12.1. The number of carbonyl (C=O) groups excluding carboxylic acids is 1. The van der Waals surface area contributed by atoms with Gasteiger partial charge in [0.1, 0.15) is 17.4 Å². The van der Waals surface area contributed by atoms with Crippen molar-refractivity contribution >= 4 is 22.8 Å². The third-order valence-corrected chi connectivity index (χ3v) is 4.87. The molecule has 0 aliphatic rings. The van der Waals surface area contributed by atoms with Crippen LogP contribution in [-0.2, 0) is 16.0 Å². The normalized spacial score (nSPS) is 13.1. The second-order valence-corrected chi connectivity index (χ2v) is 6.96. The maximum Gasteiger partial charge on any atom is 0.336 e. The van der Waals surface area contributed by atoms with Crippen LogP contribution in [0, 0.1) is 12.8 Å². The number of carbonyl (C=O) groups is 2. The molecule has 0 aliphatic carbocycles. The van der Waals surface area contributed by atoms with Gasteiger partial charge in [0.2, 0.25) is 0 Å². The Balaban J connectivity index is 2.18. The Bertz CT molecular complexity index is 917. The van der Waals surface area contributed by atoms with Crippen molar-refractivity contribution in [2.24, 2.45) is 5.92 Å². The van der Waals surface area contributed by atoms with E-state index in [2.05, 4.69) is 5.32 Å². The topological polar surface area (TPSA) is 106 Å². The molecule has 0 spiro atoms. The molecule has 1 aromatic heterocycles. The monoisotopic (exact) mass is 389 g/mol. The molecule has 0 saturated heterocycles. The van der Waals surface area contributed by atoms with Crippen molar-refractivity contribution in [3.63, 3.8) is 0 Å². The molecule has 2 atom stereocenters. The van der Waals surface area contributed by atoms with Gasteiger partial charge in [-0.1, -0.05) is 33.6 Å². The zero-order chi connectivity index (χ0) is 20.8. The molecule has 0 radical (unpaired) electrons. The minimum absolute atomic E-state index is 0.199. The number of carboxylic acid groups (broad SMARTS) is 1. The van der Waals surface area contributed by atoms with Crippen LogP contribution in [0.1, 0.15) is 44.7 Å². The van der Waals surface area contributed by atoms with E-state index in [1.807, 2.05) is 19.9 Å². The highest BCUT2D eigenvalue weighted by Gasteiger charge is 2.25. The van der Waals surface area contributed by atoms with Crippen molar-refractivity contribution in [1.82, 2.24) is 5.32 Å². The molecule has 7 heteroatoms. The molecule has 28 heavy (non-hydrogen) atoms. The van der Waals surface area contributed by atoms with Crippen LogP contribution in [0.4, 0.5) is 0 Å². The molecule has 2 rings (SSSR count). The molecule has 0 fully saturated rings. The van der Waals surface area contributed by atoms with Gasteiger partial charge in [-0.25, -0.2) is 9.59 Å². The van der Waals surface area contributed by atoms with Crippen LogP contribution in [0.2, 0.25) is 0 Å². The van der Waals surface area contributed by atoms with Crippen molar-refractivity contribution in [3.05, 3.63) is 39.7 Å². The molecule has 1 aromatic carbocycles. The quantitative estimate of drug-likeness (QED) is 0.639. The summed E-state index contributed by atoms with van der Waals surface area (Å²) in [5.41, 5.74) is 1.56. The van der Waals surface area contributed by atoms with Crippen LogP contribution >= 0.6 is 0 Å².